The molecule has 0 unspecified atom stereocenters. The molecule has 0 amide bonds. The molecule has 0 aliphatic rings. The second kappa shape index (κ2) is 12.5. The summed E-state index contributed by atoms with van der Waals surface area (Å²) in [6.07, 6.45) is 14.9. The van der Waals surface area contributed by atoms with Crippen LogP contribution in [0.3, 0.4) is 0 Å². The van der Waals surface area contributed by atoms with Gasteiger partial charge in [-0.15, -0.1) is 0 Å². The molecule has 2 heteroatoms. The first-order valence-corrected chi connectivity index (χ1v) is 5.87. The minimum absolute atomic E-state index is 1.01. The van der Waals surface area contributed by atoms with Crippen molar-refractivity contribution in [3.8, 4) is 0 Å². The number of unbranched alkanes of at least 4 members (excludes halogenated alkanes) is 8. The van der Waals surface area contributed by atoms with Crippen molar-refractivity contribution in [3.63, 3.8) is 0 Å². The standard InChI is InChI=1S/C12H23NO/c1-2-3-4-5-6-7-8-9-10-11-12-14-13/h11-12H,2-10H2,1H3/b12-11+. The van der Waals surface area contributed by atoms with Crippen LogP contribution in [0.15, 0.2) is 12.3 Å². The Bertz CT molecular complexity index is 123. The maximum absolute atomic E-state index is 8.00. The lowest BCUT2D eigenvalue weighted by Crippen LogP contribution is -1.80. The Morgan fingerprint density at radius 2 is 1.50 bits per heavy atom. The fourth-order valence-electron chi connectivity index (χ4n) is 1.51. The summed E-state index contributed by atoms with van der Waals surface area (Å²) in [7, 11) is 0. The summed E-state index contributed by atoms with van der Waals surface area (Å²) in [4.78, 5) is 3.83. The van der Waals surface area contributed by atoms with Gasteiger partial charge in [-0.2, -0.15) is 0 Å². The fourth-order valence-corrected chi connectivity index (χ4v) is 1.51. The van der Waals surface area contributed by atoms with Gasteiger partial charge in [0.15, 0.2) is 0 Å². The van der Waals surface area contributed by atoms with E-state index in [0.29, 0.717) is 0 Å². The summed E-state index contributed by atoms with van der Waals surface area (Å²) in [5, 5.41) is 0. The van der Waals surface area contributed by atoms with E-state index >= 15 is 0 Å². The summed E-state index contributed by atoms with van der Waals surface area (Å²) in [5.74, 6) is 8.00. The van der Waals surface area contributed by atoms with Crippen molar-refractivity contribution in [2.75, 3.05) is 0 Å². The fraction of sp³-hybridized carbons (Fsp3) is 0.833. The molecular weight excluding hydrogens is 174 g/mol. The Kier molecular flexibility index (Phi) is 12.1. The molecule has 0 fully saturated rings. The third kappa shape index (κ3) is 11.5. The van der Waals surface area contributed by atoms with Gasteiger partial charge in [0.05, 0.1) is 0 Å². The zero-order chi connectivity index (χ0) is 10.5. The minimum Gasteiger partial charge on any atom is -0.376 e. The van der Waals surface area contributed by atoms with Gasteiger partial charge in [-0.05, 0) is 18.9 Å². The quantitative estimate of drug-likeness (QED) is 0.295. The van der Waals surface area contributed by atoms with Crippen LogP contribution in [-0.2, 0) is 4.84 Å². The normalized spacial score (nSPS) is 11.0. The van der Waals surface area contributed by atoms with Gasteiger partial charge in [0.2, 0.25) is 0 Å². The van der Waals surface area contributed by atoms with Crippen molar-refractivity contribution in [2.24, 2.45) is 0 Å². The van der Waals surface area contributed by atoms with E-state index in [9.17, 15) is 0 Å². The first kappa shape index (κ1) is 13.5. The third-order valence-electron chi connectivity index (χ3n) is 2.38. The molecule has 0 aromatic carbocycles. The maximum Gasteiger partial charge on any atom is 0.111 e. The van der Waals surface area contributed by atoms with Crippen LogP contribution < -0.4 is 5.90 Å². The summed E-state index contributed by atoms with van der Waals surface area (Å²) in [6.45, 7) is 2.25. The SMILES string of the molecule is CCCCCCCCCC/C=C/O[N]. The van der Waals surface area contributed by atoms with Gasteiger partial charge in [-0.3, -0.25) is 0 Å². The lowest BCUT2D eigenvalue weighted by Gasteiger charge is -1.99. The van der Waals surface area contributed by atoms with E-state index in [1.807, 2.05) is 6.08 Å². The molecule has 0 saturated carbocycles. The molecule has 0 aliphatic heterocycles. The van der Waals surface area contributed by atoms with Crippen molar-refractivity contribution in [1.29, 1.82) is 0 Å². The van der Waals surface area contributed by atoms with Crippen LogP contribution in [0.2, 0.25) is 0 Å². The third-order valence-corrected chi connectivity index (χ3v) is 2.38. The molecule has 14 heavy (non-hydrogen) atoms. The zero-order valence-electron chi connectivity index (χ0n) is 9.37. The Labute approximate surface area is 88.5 Å². The molecule has 0 heterocycles. The number of allylic oxidation sites excluding steroid dienone is 1. The predicted molar refractivity (Wildman–Crippen MR) is 59.6 cm³/mol. The van der Waals surface area contributed by atoms with E-state index in [4.69, 9.17) is 5.90 Å². The molecule has 0 bridgehead atoms. The summed E-state index contributed by atoms with van der Waals surface area (Å²) in [5.41, 5.74) is 0. The molecule has 0 aliphatic carbocycles. The molecule has 82 valence electrons. The molecular formula is C12H23NO. The molecule has 0 spiro atoms. The van der Waals surface area contributed by atoms with Gasteiger partial charge in [-0.25, -0.2) is 0 Å². The Hall–Kier alpha value is -0.500. The largest absolute Gasteiger partial charge is 0.376 e. The Balaban J connectivity index is 2.88. The highest BCUT2D eigenvalue weighted by Crippen LogP contribution is 2.09. The lowest BCUT2D eigenvalue weighted by atomic mass is 10.1. The Morgan fingerprint density at radius 1 is 0.929 bits per heavy atom. The molecule has 0 atom stereocenters. The summed E-state index contributed by atoms with van der Waals surface area (Å²) >= 11 is 0. The molecule has 0 saturated heterocycles. The molecule has 0 aromatic heterocycles. The highest BCUT2D eigenvalue weighted by atomic mass is 16.6. The average molecular weight is 197 g/mol. The summed E-state index contributed by atoms with van der Waals surface area (Å²) < 4.78 is 0. The van der Waals surface area contributed by atoms with Crippen LogP contribution in [0.1, 0.15) is 64.7 Å². The van der Waals surface area contributed by atoms with Gasteiger partial charge in [-0.1, -0.05) is 51.9 Å². The van der Waals surface area contributed by atoms with Gasteiger partial charge in [0.1, 0.15) is 12.2 Å². The van der Waals surface area contributed by atoms with Crippen LogP contribution in [0.4, 0.5) is 0 Å². The topological polar surface area (TPSA) is 31.5 Å². The van der Waals surface area contributed by atoms with Crippen molar-refractivity contribution in [1.82, 2.24) is 5.90 Å². The molecule has 0 rings (SSSR count). The van der Waals surface area contributed by atoms with Crippen LogP contribution >= 0.6 is 0 Å². The van der Waals surface area contributed by atoms with E-state index in [2.05, 4.69) is 11.8 Å². The van der Waals surface area contributed by atoms with E-state index in [-0.39, 0.29) is 0 Å². The average Bonchev–Trinajstić information content (AvgIpc) is 2.21. The number of nitrogens with zero attached hydrogens (tertiary/aromatic N) is 1. The molecule has 2 nitrogen and oxygen atoms in total. The number of hydrogen-bond acceptors (Lipinski definition) is 1. The van der Waals surface area contributed by atoms with Crippen LogP contribution in [0.5, 0.6) is 0 Å². The van der Waals surface area contributed by atoms with Gasteiger partial charge in [0.25, 0.3) is 0 Å². The molecule has 0 aromatic rings. The van der Waals surface area contributed by atoms with E-state index in [1.54, 1.807) is 0 Å². The highest BCUT2D eigenvalue weighted by Gasteiger charge is 1.90. The van der Waals surface area contributed by atoms with Crippen LogP contribution in [0, 0.1) is 0 Å². The predicted octanol–water partition coefficient (Wildman–Crippen LogP) is 4.03. The minimum atomic E-state index is 1.01. The molecule has 0 N–H and O–H groups in total. The zero-order valence-corrected chi connectivity index (χ0v) is 9.37. The van der Waals surface area contributed by atoms with E-state index in [1.165, 1.54) is 57.6 Å². The van der Waals surface area contributed by atoms with Crippen LogP contribution in [-0.4, -0.2) is 0 Å². The van der Waals surface area contributed by atoms with Gasteiger partial charge >= 0.3 is 0 Å². The van der Waals surface area contributed by atoms with Crippen molar-refractivity contribution < 1.29 is 4.84 Å². The lowest BCUT2D eigenvalue weighted by molar-refractivity contribution is 0.235. The first-order valence-electron chi connectivity index (χ1n) is 5.87. The number of hydrogen-bond donors (Lipinski definition) is 0. The highest BCUT2D eigenvalue weighted by molar-refractivity contribution is 4.71. The van der Waals surface area contributed by atoms with Crippen molar-refractivity contribution in [3.05, 3.63) is 12.3 Å². The monoisotopic (exact) mass is 197 g/mol. The summed E-state index contributed by atoms with van der Waals surface area (Å²) in [6, 6.07) is 0. The van der Waals surface area contributed by atoms with Gasteiger partial charge in [0, 0.05) is 0 Å². The van der Waals surface area contributed by atoms with Crippen LogP contribution in [0.25, 0.3) is 0 Å². The Morgan fingerprint density at radius 3 is 2.07 bits per heavy atom. The van der Waals surface area contributed by atoms with Crippen molar-refractivity contribution >= 4 is 0 Å². The van der Waals surface area contributed by atoms with E-state index < -0.39 is 0 Å². The number of rotatable bonds is 10. The first-order chi connectivity index (χ1) is 6.91. The smallest absolute Gasteiger partial charge is 0.111 e. The van der Waals surface area contributed by atoms with Crippen molar-refractivity contribution in [2.45, 2.75) is 64.7 Å². The second-order valence-corrected chi connectivity index (χ2v) is 3.74. The van der Waals surface area contributed by atoms with E-state index in [0.717, 1.165) is 6.42 Å². The maximum atomic E-state index is 8.00. The second-order valence-electron chi connectivity index (χ2n) is 3.74. The van der Waals surface area contributed by atoms with Gasteiger partial charge < -0.3 is 4.84 Å². The molecule has 2 radical (unpaired) electrons.